The Hall–Kier alpha value is -2.16. The first-order valence-electron chi connectivity index (χ1n) is 9.56. The second-order valence-corrected chi connectivity index (χ2v) is 10.4. The van der Waals surface area contributed by atoms with Gasteiger partial charge in [-0.15, -0.1) is 10.2 Å². The molecule has 0 fully saturated rings. The van der Waals surface area contributed by atoms with Crippen LogP contribution < -0.4 is 5.43 Å². The number of hydrazone groups is 1. The van der Waals surface area contributed by atoms with Crippen molar-refractivity contribution in [3.05, 3.63) is 70.8 Å². The number of amides is 1. The Labute approximate surface area is 189 Å². The van der Waals surface area contributed by atoms with Crippen LogP contribution in [0, 0.1) is 6.92 Å². The number of carbonyl (C=O) groups excluding carboxylic acids is 1. The Balaban J connectivity index is 1.39. The number of aryl methyl sites for hydroxylation is 1. The summed E-state index contributed by atoms with van der Waals surface area (Å²) in [6, 6.07) is 16.6. The topological polar surface area (TPSA) is 67.2 Å². The van der Waals surface area contributed by atoms with E-state index in [-0.39, 0.29) is 11.7 Å². The fraction of sp³-hybridized carbons (Fsp3) is 0.273. The molecule has 1 aromatic heterocycles. The first kappa shape index (κ1) is 22.5. The summed E-state index contributed by atoms with van der Waals surface area (Å²) in [4.78, 5) is 12.0. The molecule has 8 heteroatoms. The highest BCUT2D eigenvalue weighted by atomic mass is 32.2. The molecule has 3 rings (SSSR count). The molecule has 0 unspecified atom stereocenters. The van der Waals surface area contributed by atoms with Crippen LogP contribution in [0.5, 0.6) is 0 Å². The van der Waals surface area contributed by atoms with Gasteiger partial charge in [0.1, 0.15) is 0 Å². The van der Waals surface area contributed by atoms with Crippen LogP contribution >= 0.6 is 34.9 Å². The van der Waals surface area contributed by atoms with Crippen LogP contribution in [0.15, 0.2) is 62.3 Å². The summed E-state index contributed by atoms with van der Waals surface area (Å²) >= 11 is 4.53. The lowest BCUT2D eigenvalue weighted by molar-refractivity contribution is -0.118. The van der Waals surface area contributed by atoms with Gasteiger partial charge in [-0.3, -0.25) is 4.79 Å². The number of rotatable bonds is 9. The van der Waals surface area contributed by atoms with Crippen LogP contribution in [0.3, 0.4) is 0 Å². The second kappa shape index (κ2) is 11.3. The molecule has 156 valence electrons. The maximum Gasteiger partial charge on any atom is 0.250 e. The molecule has 0 radical (unpaired) electrons. The minimum absolute atomic E-state index is 0.167. The van der Waals surface area contributed by atoms with Gasteiger partial charge in [0.05, 0.1) is 12.0 Å². The summed E-state index contributed by atoms with van der Waals surface area (Å²) in [6.07, 6.45) is 1.65. The van der Waals surface area contributed by atoms with E-state index in [0.29, 0.717) is 5.92 Å². The first-order valence-corrected chi connectivity index (χ1v) is 12.3. The molecule has 1 amide bonds. The number of hydrogen-bond acceptors (Lipinski definition) is 7. The minimum Gasteiger partial charge on any atom is -0.272 e. The molecular weight excluding hydrogens is 432 g/mol. The standard InChI is InChI=1S/C22H24N4OS3/c1-15(2)19-10-8-17(9-11-19)12-23-24-20(27)14-29-22-26-25-21(30-22)28-13-18-6-4-16(3)5-7-18/h4-12,15H,13-14H2,1-3H3,(H,24,27)/b23-12-. The predicted molar refractivity (Wildman–Crippen MR) is 128 cm³/mol. The van der Waals surface area contributed by atoms with Gasteiger partial charge in [-0.25, -0.2) is 5.43 Å². The van der Waals surface area contributed by atoms with Gasteiger partial charge < -0.3 is 0 Å². The number of nitrogens with zero attached hydrogens (tertiary/aromatic N) is 3. The van der Waals surface area contributed by atoms with Crippen molar-refractivity contribution < 1.29 is 4.79 Å². The second-order valence-electron chi connectivity index (χ2n) is 7.01. The van der Waals surface area contributed by atoms with Crippen LogP contribution in [0.1, 0.15) is 42.0 Å². The van der Waals surface area contributed by atoms with Gasteiger partial charge in [0.25, 0.3) is 5.91 Å². The maximum absolute atomic E-state index is 12.0. The molecular formula is C22H24N4OS3. The van der Waals surface area contributed by atoms with Crippen LogP contribution in [0.2, 0.25) is 0 Å². The summed E-state index contributed by atoms with van der Waals surface area (Å²) in [7, 11) is 0. The Morgan fingerprint density at radius 3 is 2.40 bits per heavy atom. The van der Waals surface area contributed by atoms with Gasteiger partial charge >= 0.3 is 0 Å². The minimum atomic E-state index is -0.167. The van der Waals surface area contributed by atoms with Crippen LogP contribution in [-0.4, -0.2) is 28.1 Å². The van der Waals surface area contributed by atoms with Crippen molar-refractivity contribution >= 4 is 47.0 Å². The molecule has 0 saturated heterocycles. The third-order valence-corrected chi connectivity index (χ3v) is 7.46. The zero-order valence-corrected chi connectivity index (χ0v) is 19.6. The van der Waals surface area contributed by atoms with E-state index < -0.39 is 0 Å². The molecule has 30 heavy (non-hydrogen) atoms. The summed E-state index contributed by atoms with van der Waals surface area (Å²) < 4.78 is 1.69. The van der Waals surface area contributed by atoms with E-state index in [1.807, 2.05) is 12.1 Å². The van der Waals surface area contributed by atoms with Crippen molar-refractivity contribution in [1.29, 1.82) is 0 Å². The third kappa shape index (κ3) is 7.27. The van der Waals surface area contributed by atoms with E-state index >= 15 is 0 Å². The Bertz CT molecular complexity index is 982. The van der Waals surface area contributed by atoms with Crippen molar-refractivity contribution in [2.45, 2.75) is 41.1 Å². The zero-order valence-electron chi connectivity index (χ0n) is 17.2. The van der Waals surface area contributed by atoms with Gasteiger partial charge in [-0.2, -0.15) is 5.10 Å². The molecule has 0 spiro atoms. The Morgan fingerprint density at radius 2 is 1.73 bits per heavy atom. The van der Waals surface area contributed by atoms with Gasteiger partial charge in [-0.1, -0.05) is 103 Å². The number of carbonyl (C=O) groups is 1. The third-order valence-electron chi connectivity index (χ3n) is 4.20. The highest BCUT2D eigenvalue weighted by Crippen LogP contribution is 2.30. The summed E-state index contributed by atoms with van der Waals surface area (Å²) in [5, 5.41) is 12.4. The molecule has 0 saturated carbocycles. The van der Waals surface area contributed by atoms with Crippen molar-refractivity contribution in [2.75, 3.05) is 5.75 Å². The van der Waals surface area contributed by atoms with Crippen LogP contribution in [0.4, 0.5) is 0 Å². The van der Waals surface area contributed by atoms with E-state index in [1.165, 1.54) is 39.8 Å². The number of thioether (sulfide) groups is 2. The van der Waals surface area contributed by atoms with Crippen LogP contribution in [0.25, 0.3) is 0 Å². The highest BCUT2D eigenvalue weighted by molar-refractivity contribution is 8.03. The van der Waals surface area contributed by atoms with Crippen molar-refractivity contribution in [3.8, 4) is 0 Å². The van der Waals surface area contributed by atoms with E-state index in [4.69, 9.17) is 0 Å². The number of aromatic nitrogens is 2. The molecule has 0 atom stereocenters. The van der Waals surface area contributed by atoms with Gasteiger partial charge in [-0.05, 0) is 29.5 Å². The van der Waals surface area contributed by atoms with Crippen molar-refractivity contribution in [1.82, 2.24) is 15.6 Å². The van der Waals surface area contributed by atoms with Gasteiger partial charge in [0.15, 0.2) is 8.68 Å². The average Bonchev–Trinajstić information content (AvgIpc) is 3.20. The zero-order chi connectivity index (χ0) is 21.3. The summed E-state index contributed by atoms with van der Waals surface area (Å²) in [5.74, 6) is 1.43. The summed E-state index contributed by atoms with van der Waals surface area (Å²) in [6.45, 7) is 6.39. The summed E-state index contributed by atoms with van der Waals surface area (Å²) in [5.41, 5.74) is 7.30. The lowest BCUT2D eigenvalue weighted by Crippen LogP contribution is -2.19. The number of benzene rings is 2. The molecule has 0 bridgehead atoms. The normalized spacial score (nSPS) is 11.3. The predicted octanol–water partition coefficient (Wildman–Crippen LogP) is 5.50. The highest BCUT2D eigenvalue weighted by Gasteiger charge is 2.08. The Kier molecular flexibility index (Phi) is 8.48. The lowest BCUT2D eigenvalue weighted by Gasteiger charge is -2.04. The monoisotopic (exact) mass is 456 g/mol. The molecule has 0 aliphatic heterocycles. The maximum atomic E-state index is 12.0. The SMILES string of the molecule is Cc1ccc(CSc2nnc(SCC(=O)N/N=C\c3ccc(C(C)C)cc3)s2)cc1. The van der Waals surface area contributed by atoms with Gasteiger partial charge in [0.2, 0.25) is 0 Å². The fourth-order valence-electron chi connectivity index (χ4n) is 2.45. The van der Waals surface area contributed by atoms with E-state index in [1.54, 1.807) is 18.0 Å². The van der Waals surface area contributed by atoms with Crippen molar-refractivity contribution in [3.63, 3.8) is 0 Å². The van der Waals surface area contributed by atoms with Crippen LogP contribution in [-0.2, 0) is 10.5 Å². The first-order chi connectivity index (χ1) is 14.5. The molecule has 5 nitrogen and oxygen atoms in total. The number of hydrogen-bond donors (Lipinski definition) is 1. The number of nitrogens with one attached hydrogen (secondary N) is 1. The van der Waals surface area contributed by atoms with Crippen molar-refractivity contribution in [2.24, 2.45) is 5.10 Å². The van der Waals surface area contributed by atoms with E-state index in [0.717, 1.165) is 20.0 Å². The van der Waals surface area contributed by atoms with E-state index in [9.17, 15) is 4.79 Å². The molecule has 2 aromatic carbocycles. The lowest BCUT2D eigenvalue weighted by atomic mass is 10.0. The molecule has 1 N–H and O–H groups in total. The molecule has 3 aromatic rings. The fourth-order valence-corrected chi connectivity index (χ4v) is 5.22. The largest absolute Gasteiger partial charge is 0.272 e. The smallest absolute Gasteiger partial charge is 0.250 e. The molecule has 1 heterocycles. The Morgan fingerprint density at radius 1 is 1.07 bits per heavy atom. The van der Waals surface area contributed by atoms with Gasteiger partial charge in [0, 0.05) is 5.75 Å². The van der Waals surface area contributed by atoms with E-state index in [2.05, 4.69) is 77.9 Å². The quantitative estimate of drug-likeness (QED) is 0.261. The average molecular weight is 457 g/mol. The molecule has 0 aliphatic carbocycles. The molecule has 0 aliphatic rings.